The van der Waals surface area contributed by atoms with E-state index in [4.69, 9.17) is 14.2 Å². The molecule has 2 aliphatic rings. The molecule has 1 spiro atoms. The van der Waals surface area contributed by atoms with Gasteiger partial charge in [0.1, 0.15) is 10.6 Å². The molecular weight excluding hydrogens is 485 g/mol. The number of anilines is 1. The Bertz CT molecular complexity index is 1120. The predicted molar refractivity (Wildman–Crippen MR) is 125 cm³/mol. The van der Waals surface area contributed by atoms with E-state index in [9.17, 15) is 9.18 Å². The van der Waals surface area contributed by atoms with Crippen LogP contribution in [0.15, 0.2) is 47.4 Å². The number of hydrogen-bond acceptors (Lipinski definition) is 5. The van der Waals surface area contributed by atoms with Gasteiger partial charge in [-0.25, -0.2) is 4.39 Å². The van der Waals surface area contributed by atoms with Crippen LogP contribution in [0, 0.1) is 5.82 Å². The minimum atomic E-state index is -0.995. The van der Waals surface area contributed by atoms with Gasteiger partial charge in [-0.15, -0.1) is 0 Å². The number of carbonyl (C=O) groups excluding carboxylic acids is 1. The maximum Gasteiger partial charge on any atom is 0.252 e. The Hall–Kier alpha value is -2.45. The van der Waals surface area contributed by atoms with E-state index in [1.54, 1.807) is 38.4 Å². The van der Waals surface area contributed by atoms with Crippen LogP contribution in [0.2, 0.25) is 0 Å². The monoisotopic (exact) mass is 505 g/mol. The number of allylic oxidation sites excluding steroid dienone is 1. The number of amides is 1. The van der Waals surface area contributed by atoms with Gasteiger partial charge in [0.05, 0.1) is 32.6 Å². The third-order valence-electron chi connectivity index (χ3n) is 5.40. The van der Waals surface area contributed by atoms with Gasteiger partial charge in [-0.05, 0) is 46.6 Å². The van der Waals surface area contributed by atoms with Crippen molar-refractivity contribution in [1.82, 2.24) is 0 Å². The van der Waals surface area contributed by atoms with Crippen LogP contribution >= 0.6 is 27.7 Å². The third kappa shape index (κ3) is 3.24. The number of hydrogen-bond donors (Lipinski definition) is 0. The highest BCUT2D eigenvalue weighted by molar-refractivity contribution is 9.15. The zero-order valence-electron chi connectivity index (χ0n) is 17.5. The van der Waals surface area contributed by atoms with Gasteiger partial charge in [0, 0.05) is 22.0 Å². The van der Waals surface area contributed by atoms with Gasteiger partial charge < -0.3 is 19.1 Å². The quantitative estimate of drug-likeness (QED) is 0.538. The van der Waals surface area contributed by atoms with Crippen molar-refractivity contribution in [3.05, 3.63) is 64.3 Å². The summed E-state index contributed by atoms with van der Waals surface area (Å²) >= 11 is 5.05. The first-order valence-corrected chi connectivity index (χ1v) is 11.2. The first kappa shape index (κ1) is 21.8. The summed E-state index contributed by atoms with van der Waals surface area (Å²) in [4.78, 5) is 16.3. The van der Waals surface area contributed by atoms with E-state index < -0.39 is 4.75 Å². The Labute approximate surface area is 193 Å². The molecule has 31 heavy (non-hydrogen) atoms. The highest BCUT2D eigenvalue weighted by atomic mass is 79.9. The molecule has 2 heterocycles. The van der Waals surface area contributed by atoms with Gasteiger partial charge in [-0.3, -0.25) is 4.79 Å². The molecule has 8 heteroatoms. The van der Waals surface area contributed by atoms with E-state index >= 15 is 0 Å². The Kier molecular flexibility index (Phi) is 5.79. The molecule has 0 saturated heterocycles. The lowest BCUT2D eigenvalue weighted by Gasteiger charge is -2.23. The number of likely N-dealkylation sites (N-methyl/N-ethyl adjacent to an activating group) is 1. The number of carbonyl (C=O) groups is 1. The molecule has 2 aromatic carbocycles. The summed E-state index contributed by atoms with van der Waals surface area (Å²) in [6.45, 7) is 2.43. The van der Waals surface area contributed by atoms with Gasteiger partial charge in [-0.1, -0.05) is 30.0 Å². The Balaban J connectivity index is 1.90. The number of benzene rings is 2. The van der Waals surface area contributed by atoms with Crippen molar-refractivity contribution in [1.29, 1.82) is 0 Å². The summed E-state index contributed by atoms with van der Waals surface area (Å²) in [5.74, 6) is 1.05. The average Bonchev–Trinajstić information content (AvgIpc) is 3.33. The molecule has 0 aliphatic carbocycles. The number of methoxy groups -OCH3 is 3. The normalized spacial score (nSPS) is 21.0. The molecule has 0 aromatic heterocycles. The van der Waals surface area contributed by atoms with Crippen LogP contribution in [0.3, 0.4) is 0 Å². The smallest absolute Gasteiger partial charge is 0.252 e. The largest absolute Gasteiger partial charge is 0.493 e. The fraction of sp³-hybridized carbons (Fsp3) is 0.261. The van der Waals surface area contributed by atoms with Crippen LogP contribution in [-0.2, 0) is 9.54 Å². The topological polar surface area (TPSA) is 48.0 Å². The highest BCUT2D eigenvalue weighted by Crippen LogP contribution is 2.63. The lowest BCUT2D eigenvalue weighted by Crippen LogP contribution is -2.35. The minimum absolute atomic E-state index is 0.0609. The molecule has 0 radical (unpaired) electrons. The summed E-state index contributed by atoms with van der Waals surface area (Å²) in [6.07, 6.45) is 3.80. The Morgan fingerprint density at radius 3 is 2.39 bits per heavy atom. The van der Waals surface area contributed by atoms with Crippen LogP contribution in [0.5, 0.6) is 17.2 Å². The maximum atomic E-state index is 13.7. The molecule has 1 amide bonds. The van der Waals surface area contributed by atoms with E-state index in [0.29, 0.717) is 23.8 Å². The summed E-state index contributed by atoms with van der Waals surface area (Å²) in [5, 5.41) is 0. The summed E-state index contributed by atoms with van der Waals surface area (Å²) < 4.78 is 29.9. The van der Waals surface area contributed by atoms with Crippen molar-refractivity contribution in [2.45, 2.75) is 11.7 Å². The zero-order valence-corrected chi connectivity index (χ0v) is 19.9. The summed E-state index contributed by atoms with van der Waals surface area (Å²) in [6, 6.07) is 8.03. The van der Waals surface area contributed by atoms with Gasteiger partial charge in [0.2, 0.25) is 5.75 Å². The van der Waals surface area contributed by atoms with Crippen molar-refractivity contribution in [2.24, 2.45) is 0 Å². The molecule has 0 N–H and O–H groups in total. The van der Waals surface area contributed by atoms with E-state index in [1.807, 2.05) is 25.1 Å². The van der Waals surface area contributed by atoms with Crippen molar-refractivity contribution in [2.75, 3.05) is 32.8 Å². The minimum Gasteiger partial charge on any atom is -0.493 e. The first-order valence-electron chi connectivity index (χ1n) is 9.61. The number of rotatable bonds is 5. The summed E-state index contributed by atoms with van der Waals surface area (Å²) in [7, 11) is 4.65. The molecule has 0 bridgehead atoms. The molecule has 5 nitrogen and oxygen atoms in total. The number of halogens is 2. The van der Waals surface area contributed by atoms with Crippen molar-refractivity contribution >= 4 is 43.8 Å². The fourth-order valence-electron chi connectivity index (χ4n) is 3.99. The van der Waals surface area contributed by atoms with Crippen LogP contribution in [0.25, 0.3) is 4.48 Å². The molecule has 1 atom stereocenters. The molecule has 2 aliphatic heterocycles. The van der Waals surface area contributed by atoms with Crippen molar-refractivity contribution in [3.63, 3.8) is 0 Å². The van der Waals surface area contributed by atoms with Crippen molar-refractivity contribution < 1.29 is 23.4 Å². The number of ether oxygens (including phenoxy) is 3. The van der Waals surface area contributed by atoms with E-state index in [0.717, 1.165) is 26.2 Å². The fourth-order valence-corrected chi connectivity index (χ4v) is 5.95. The molecular formula is C23H21BrFNO4S. The standard InChI is InChI=1S/C23H21BrFNO4S/c1-5-26-15-12-16(28-2)20(29-3)21(30-4)18(15)23(22(26)27)11-10-17(31-23)19(24)13-6-8-14(25)9-7-13/h6-12H,5H2,1-4H3/b19-17+. The predicted octanol–water partition coefficient (Wildman–Crippen LogP) is 5.48. The maximum absolute atomic E-state index is 13.7. The number of nitrogens with zero attached hydrogens (tertiary/aromatic N) is 1. The second-order valence-electron chi connectivity index (χ2n) is 6.95. The van der Waals surface area contributed by atoms with Crippen LogP contribution in [0.1, 0.15) is 18.1 Å². The highest BCUT2D eigenvalue weighted by Gasteiger charge is 2.55. The molecule has 0 saturated carbocycles. The van der Waals surface area contributed by atoms with Crippen LogP contribution in [-0.4, -0.2) is 33.8 Å². The van der Waals surface area contributed by atoms with Crippen molar-refractivity contribution in [3.8, 4) is 17.2 Å². The van der Waals surface area contributed by atoms with Gasteiger partial charge in [0.25, 0.3) is 5.91 Å². The van der Waals surface area contributed by atoms with Gasteiger partial charge in [0.15, 0.2) is 11.5 Å². The van der Waals surface area contributed by atoms with E-state index in [-0.39, 0.29) is 11.7 Å². The van der Waals surface area contributed by atoms with Crippen LogP contribution < -0.4 is 19.1 Å². The zero-order chi connectivity index (χ0) is 22.3. The second kappa shape index (κ2) is 8.24. The lowest BCUT2D eigenvalue weighted by atomic mass is 9.97. The van der Waals surface area contributed by atoms with Crippen LogP contribution in [0.4, 0.5) is 10.1 Å². The van der Waals surface area contributed by atoms with E-state index in [2.05, 4.69) is 15.9 Å². The molecule has 4 rings (SSSR count). The van der Waals surface area contributed by atoms with Gasteiger partial charge in [-0.2, -0.15) is 0 Å². The molecule has 162 valence electrons. The Morgan fingerprint density at radius 1 is 1.13 bits per heavy atom. The third-order valence-corrected chi connectivity index (χ3v) is 7.95. The Morgan fingerprint density at radius 2 is 1.81 bits per heavy atom. The van der Waals surface area contributed by atoms with Gasteiger partial charge >= 0.3 is 0 Å². The number of thioether (sulfide) groups is 1. The molecule has 1 unspecified atom stereocenters. The average molecular weight is 506 g/mol. The summed E-state index contributed by atoms with van der Waals surface area (Å²) in [5.41, 5.74) is 2.29. The lowest BCUT2D eigenvalue weighted by molar-refractivity contribution is -0.119. The molecule has 0 fully saturated rings. The first-order chi connectivity index (χ1) is 14.9. The SMILES string of the molecule is CCN1C(=O)C2(C=C/C(=C(\Br)c3ccc(F)cc3)S2)c2c1cc(OC)c(OC)c2OC. The molecule has 2 aromatic rings. The van der Waals surface area contributed by atoms with E-state index in [1.165, 1.54) is 23.9 Å². The number of fused-ring (bicyclic) bond motifs is 2. The second-order valence-corrected chi connectivity index (χ2v) is 9.03.